The van der Waals surface area contributed by atoms with Crippen LogP contribution in [0.15, 0.2) is 23.1 Å². The quantitative estimate of drug-likeness (QED) is 0.419. The van der Waals surface area contributed by atoms with Crippen molar-refractivity contribution in [2.24, 2.45) is 0 Å². The normalized spacial score (nSPS) is 8.70. The SMILES string of the molecule is Cc1cccc(C)c1S.[LiH]. The van der Waals surface area contributed by atoms with Crippen LogP contribution < -0.4 is 0 Å². The fourth-order valence-electron chi connectivity index (χ4n) is 0.806. The van der Waals surface area contributed by atoms with Gasteiger partial charge in [0.1, 0.15) is 0 Å². The summed E-state index contributed by atoms with van der Waals surface area (Å²) in [5.74, 6) is 0. The number of thiol groups is 1. The molecule has 0 fully saturated rings. The van der Waals surface area contributed by atoms with Crippen molar-refractivity contribution >= 4 is 31.5 Å². The summed E-state index contributed by atoms with van der Waals surface area (Å²) in [4.78, 5) is 1.11. The second-order valence-corrected chi connectivity index (χ2v) is 2.69. The molecule has 0 aliphatic rings. The van der Waals surface area contributed by atoms with Gasteiger partial charge >= 0.3 is 18.9 Å². The minimum atomic E-state index is 0. The second kappa shape index (κ2) is 4.13. The van der Waals surface area contributed by atoms with E-state index in [1.165, 1.54) is 11.1 Å². The zero-order chi connectivity index (χ0) is 6.85. The molecule has 0 aliphatic carbocycles. The number of benzene rings is 1. The molecule has 2 heteroatoms. The van der Waals surface area contributed by atoms with Gasteiger partial charge in [-0.1, -0.05) is 18.2 Å². The van der Waals surface area contributed by atoms with Crippen LogP contribution in [-0.4, -0.2) is 18.9 Å². The first-order chi connectivity index (χ1) is 4.22. The van der Waals surface area contributed by atoms with Gasteiger partial charge in [-0.2, -0.15) is 0 Å². The third-order valence-electron chi connectivity index (χ3n) is 1.44. The third kappa shape index (κ3) is 2.09. The summed E-state index contributed by atoms with van der Waals surface area (Å²) in [6, 6.07) is 6.18. The molecule has 0 N–H and O–H groups in total. The summed E-state index contributed by atoms with van der Waals surface area (Å²) in [5, 5.41) is 0. The van der Waals surface area contributed by atoms with Crippen LogP contribution in [0, 0.1) is 13.8 Å². The third-order valence-corrected chi connectivity index (χ3v) is 2.14. The Kier molecular flexibility index (Phi) is 4.20. The molecular weight excluding hydrogens is 135 g/mol. The molecule has 50 valence electrons. The summed E-state index contributed by atoms with van der Waals surface area (Å²) >= 11 is 4.31. The average Bonchev–Trinajstić information content (AvgIpc) is 1.83. The Labute approximate surface area is 79.6 Å². The standard InChI is InChI=1S/C8H10S.Li.H/c1-6-4-3-5-7(2)8(6)9;;/h3-5,9H,1-2H3;;. The molecule has 0 aromatic heterocycles. The van der Waals surface area contributed by atoms with Gasteiger partial charge in [0, 0.05) is 4.90 Å². The molecule has 0 unspecified atom stereocenters. The van der Waals surface area contributed by atoms with E-state index in [4.69, 9.17) is 0 Å². The topological polar surface area (TPSA) is 0 Å². The molecule has 0 saturated carbocycles. The van der Waals surface area contributed by atoms with Crippen molar-refractivity contribution in [3.63, 3.8) is 0 Å². The summed E-state index contributed by atoms with van der Waals surface area (Å²) in [6.07, 6.45) is 0. The number of aryl methyl sites for hydroxylation is 2. The molecule has 1 rings (SSSR count). The van der Waals surface area contributed by atoms with Crippen molar-refractivity contribution in [2.75, 3.05) is 0 Å². The molecule has 0 nitrogen and oxygen atoms in total. The van der Waals surface area contributed by atoms with Crippen molar-refractivity contribution in [1.29, 1.82) is 0 Å². The molecule has 0 aliphatic heterocycles. The molecule has 0 heterocycles. The van der Waals surface area contributed by atoms with E-state index in [1.54, 1.807) is 0 Å². The van der Waals surface area contributed by atoms with Gasteiger partial charge in [-0.05, 0) is 25.0 Å². The summed E-state index contributed by atoms with van der Waals surface area (Å²) in [7, 11) is 0. The zero-order valence-corrected chi connectivity index (χ0v) is 6.57. The fourth-order valence-corrected chi connectivity index (χ4v) is 0.955. The average molecular weight is 146 g/mol. The first kappa shape index (κ1) is 10.2. The van der Waals surface area contributed by atoms with Crippen LogP contribution >= 0.6 is 12.6 Å². The number of rotatable bonds is 0. The summed E-state index contributed by atoms with van der Waals surface area (Å²) in [6.45, 7) is 4.13. The molecule has 0 amide bonds. The van der Waals surface area contributed by atoms with Gasteiger partial charge in [-0.15, -0.1) is 12.6 Å². The van der Waals surface area contributed by atoms with Crippen molar-refractivity contribution in [2.45, 2.75) is 18.7 Å². The van der Waals surface area contributed by atoms with Crippen LogP contribution in [0.25, 0.3) is 0 Å². The summed E-state index contributed by atoms with van der Waals surface area (Å²) < 4.78 is 0. The summed E-state index contributed by atoms with van der Waals surface area (Å²) in [5.41, 5.74) is 2.50. The van der Waals surface area contributed by atoms with Crippen molar-refractivity contribution in [3.8, 4) is 0 Å². The molecule has 1 aromatic carbocycles. The number of hydrogen-bond acceptors (Lipinski definition) is 1. The van der Waals surface area contributed by atoms with Crippen molar-refractivity contribution < 1.29 is 0 Å². The van der Waals surface area contributed by atoms with Crippen LogP contribution in [0.4, 0.5) is 0 Å². The van der Waals surface area contributed by atoms with Crippen LogP contribution in [-0.2, 0) is 0 Å². The van der Waals surface area contributed by atoms with Gasteiger partial charge in [-0.25, -0.2) is 0 Å². The van der Waals surface area contributed by atoms with E-state index in [0.717, 1.165) is 4.90 Å². The van der Waals surface area contributed by atoms with Gasteiger partial charge in [0.2, 0.25) is 0 Å². The molecule has 0 radical (unpaired) electrons. The van der Waals surface area contributed by atoms with Gasteiger partial charge < -0.3 is 0 Å². The van der Waals surface area contributed by atoms with Crippen LogP contribution in [0.2, 0.25) is 0 Å². The maximum absolute atomic E-state index is 4.31. The van der Waals surface area contributed by atoms with Gasteiger partial charge in [0.05, 0.1) is 0 Å². The molecule has 0 bridgehead atoms. The van der Waals surface area contributed by atoms with Crippen LogP contribution in [0.5, 0.6) is 0 Å². The molecule has 0 saturated heterocycles. The van der Waals surface area contributed by atoms with Crippen LogP contribution in [0.1, 0.15) is 11.1 Å². The Hall–Kier alpha value is 0.167. The Balaban J connectivity index is 0.000000810. The fraction of sp³-hybridized carbons (Fsp3) is 0.250. The second-order valence-electron chi connectivity index (χ2n) is 2.24. The van der Waals surface area contributed by atoms with Gasteiger partial charge in [-0.3, -0.25) is 0 Å². The van der Waals surface area contributed by atoms with E-state index in [-0.39, 0.29) is 18.9 Å². The minimum absolute atomic E-state index is 0. The van der Waals surface area contributed by atoms with E-state index in [2.05, 4.69) is 38.6 Å². The van der Waals surface area contributed by atoms with E-state index < -0.39 is 0 Å². The Bertz CT molecular complexity index is 200. The van der Waals surface area contributed by atoms with E-state index in [9.17, 15) is 0 Å². The first-order valence-corrected chi connectivity index (χ1v) is 3.41. The monoisotopic (exact) mass is 146 g/mol. The maximum atomic E-state index is 4.31. The molecule has 0 spiro atoms. The van der Waals surface area contributed by atoms with Gasteiger partial charge in [0.25, 0.3) is 0 Å². The van der Waals surface area contributed by atoms with Crippen molar-refractivity contribution in [1.82, 2.24) is 0 Å². The predicted molar refractivity (Wildman–Crippen MR) is 50.3 cm³/mol. The first-order valence-electron chi connectivity index (χ1n) is 2.97. The predicted octanol–water partition coefficient (Wildman–Crippen LogP) is 1.94. The Morgan fingerprint density at radius 1 is 1.10 bits per heavy atom. The zero-order valence-electron chi connectivity index (χ0n) is 5.68. The molecular formula is C8H11LiS. The Morgan fingerprint density at radius 3 is 1.80 bits per heavy atom. The van der Waals surface area contributed by atoms with Crippen LogP contribution in [0.3, 0.4) is 0 Å². The van der Waals surface area contributed by atoms with E-state index >= 15 is 0 Å². The number of hydrogen-bond donors (Lipinski definition) is 1. The van der Waals surface area contributed by atoms with E-state index in [0.29, 0.717) is 0 Å². The molecule has 0 atom stereocenters. The molecule has 1 aromatic rings. The van der Waals surface area contributed by atoms with Crippen molar-refractivity contribution in [3.05, 3.63) is 29.3 Å². The Morgan fingerprint density at radius 2 is 1.50 bits per heavy atom. The molecule has 10 heavy (non-hydrogen) atoms. The van der Waals surface area contributed by atoms with Gasteiger partial charge in [0.15, 0.2) is 0 Å². The van der Waals surface area contributed by atoms with E-state index in [1.807, 2.05) is 6.07 Å².